The Morgan fingerprint density at radius 3 is 2.93 bits per heavy atom. The number of aromatic amines is 1. The predicted octanol–water partition coefficient (Wildman–Crippen LogP) is 0.866. The Bertz CT molecular complexity index is 1030. The zero-order chi connectivity index (χ0) is 20.0. The van der Waals surface area contributed by atoms with Gasteiger partial charge in [-0.1, -0.05) is 6.07 Å². The van der Waals surface area contributed by atoms with E-state index in [9.17, 15) is 24.6 Å². The summed E-state index contributed by atoms with van der Waals surface area (Å²) in [5.41, 5.74) is 1.22. The van der Waals surface area contributed by atoms with Crippen LogP contribution in [0.1, 0.15) is 6.92 Å². The topological polar surface area (TPSA) is 145 Å². The van der Waals surface area contributed by atoms with Crippen LogP contribution in [0.25, 0.3) is 11.0 Å². The van der Waals surface area contributed by atoms with Crippen LogP contribution < -0.4 is 5.32 Å². The Labute approximate surface area is 162 Å². The van der Waals surface area contributed by atoms with Crippen molar-refractivity contribution in [1.29, 1.82) is 0 Å². The smallest absolute Gasteiger partial charge is 0.352 e. The van der Waals surface area contributed by atoms with Gasteiger partial charge in [0.05, 0.1) is 5.52 Å². The molecule has 1 aromatic heterocycles. The lowest BCUT2D eigenvalue weighted by atomic mass is 10.0. The molecule has 4 N–H and O–H groups in total. The van der Waals surface area contributed by atoms with Crippen LogP contribution in [0.3, 0.4) is 0 Å². The number of amides is 1. The van der Waals surface area contributed by atoms with Crippen molar-refractivity contribution in [2.75, 3.05) is 17.7 Å². The van der Waals surface area contributed by atoms with Crippen molar-refractivity contribution in [3.63, 3.8) is 0 Å². The van der Waals surface area contributed by atoms with E-state index in [4.69, 9.17) is 4.74 Å². The Morgan fingerprint density at radius 1 is 1.46 bits per heavy atom. The van der Waals surface area contributed by atoms with Gasteiger partial charge in [0.25, 0.3) is 5.91 Å². The van der Waals surface area contributed by atoms with E-state index >= 15 is 0 Å². The van der Waals surface area contributed by atoms with E-state index in [0.717, 1.165) is 0 Å². The van der Waals surface area contributed by atoms with Crippen LogP contribution in [0.15, 0.2) is 29.5 Å². The van der Waals surface area contributed by atoms with E-state index in [1.54, 1.807) is 12.1 Å². The predicted molar refractivity (Wildman–Crippen MR) is 99.6 cm³/mol. The van der Waals surface area contributed by atoms with E-state index in [1.807, 2.05) is 0 Å². The number of aromatic nitrogens is 2. The van der Waals surface area contributed by atoms with Gasteiger partial charge in [0.15, 0.2) is 0 Å². The number of hydrogen-bond donors (Lipinski definition) is 4. The molecule has 0 aliphatic carbocycles. The van der Waals surface area contributed by atoms with Crippen molar-refractivity contribution < 1.29 is 29.3 Å². The van der Waals surface area contributed by atoms with E-state index in [1.165, 1.54) is 29.7 Å². The molecule has 1 unspecified atom stereocenters. The number of H-pyrrole nitrogens is 1. The van der Waals surface area contributed by atoms with Crippen LogP contribution in [0.2, 0.25) is 0 Å². The van der Waals surface area contributed by atoms with Gasteiger partial charge >= 0.3 is 11.9 Å². The number of aliphatic carboxylic acids is 1. The fourth-order valence-electron chi connectivity index (χ4n) is 3.22. The minimum absolute atomic E-state index is 0.0154. The standard InChI is InChI=1S/C17H16N4O6S/c1-7(22)27-5-8-6-28-15-12(14(24)21(15)13(8)16(25)26)20-17-18-9-3-2-4-10(23)11(9)19-17/h2-4,12,15,23H,5-6H2,1H3,(H,25,26)(H2,18,19,20)/t12?,15-/m1/s1. The number of thioether (sulfide) groups is 1. The number of phenolic OH excluding ortho intramolecular Hbond substituents is 1. The number of nitrogens with zero attached hydrogens (tertiary/aromatic N) is 2. The number of benzene rings is 1. The molecule has 3 heterocycles. The highest BCUT2D eigenvalue weighted by Crippen LogP contribution is 2.41. The molecule has 11 heteroatoms. The van der Waals surface area contributed by atoms with Gasteiger partial charge in [-0.15, -0.1) is 11.8 Å². The molecule has 1 amide bonds. The van der Waals surface area contributed by atoms with Gasteiger partial charge < -0.3 is 25.3 Å². The number of aromatic hydroxyl groups is 1. The van der Waals surface area contributed by atoms with Crippen LogP contribution in [0, 0.1) is 0 Å². The fraction of sp³-hybridized carbons (Fsp3) is 0.294. The lowest BCUT2D eigenvalue weighted by Gasteiger charge is -2.49. The van der Waals surface area contributed by atoms with Gasteiger partial charge in [-0.3, -0.25) is 14.5 Å². The van der Waals surface area contributed by atoms with E-state index < -0.39 is 29.3 Å². The maximum atomic E-state index is 12.6. The lowest BCUT2D eigenvalue weighted by molar-refractivity contribution is -0.147. The number of carboxylic acid groups (broad SMARTS) is 1. The summed E-state index contributed by atoms with van der Waals surface area (Å²) in [6, 6.07) is 4.25. The van der Waals surface area contributed by atoms with Crippen LogP contribution >= 0.6 is 11.8 Å². The number of carboxylic acids is 1. The number of β-lactam (4-membered cyclic amide) rings is 1. The van der Waals surface area contributed by atoms with Gasteiger partial charge in [0.2, 0.25) is 5.95 Å². The Balaban J connectivity index is 1.56. The summed E-state index contributed by atoms with van der Waals surface area (Å²) in [5, 5.41) is 21.9. The number of phenols is 1. The molecule has 1 fully saturated rings. The van der Waals surface area contributed by atoms with Crippen molar-refractivity contribution >= 4 is 46.6 Å². The quantitative estimate of drug-likeness (QED) is 0.421. The number of fused-ring (bicyclic) bond motifs is 2. The molecule has 2 aliphatic heterocycles. The van der Waals surface area contributed by atoms with Crippen molar-refractivity contribution in [2.45, 2.75) is 18.3 Å². The molecule has 1 saturated heterocycles. The average Bonchev–Trinajstić information content (AvgIpc) is 3.07. The van der Waals surface area contributed by atoms with Crippen LogP contribution in [0.4, 0.5) is 5.95 Å². The number of hydrogen-bond acceptors (Lipinski definition) is 8. The van der Waals surface area contributed by atoms with Gasteiger partial charge in [-0.25, -0.2) is 9.78 Å². The van der Waals surface area contributed by atoms with E-state index in [0.29, 0.717) is 28.3 Å². The van der Waals surface area contributed by atoms with Crippen LogP contribution in [-0.4, -0.2) is 66.7 Å². The molecule has 10 nitrogen and oxygen atoms in total. The second-order valence-corrected chi connectivity index (χ2v) is 7.43. The van der Waals surface area contributed by atoms with Crippen molar-refractivity contribution in [1.82, 2.24) is 14.9 Å². The second kappa shape index (κ2) is 6.75. The number of ether oxygens (including phenoxy) is 1. The summed E-state index contributed by atoms with van der Waals surface area (Å²) in [4.78, 5) is 43.8. The zero-order valence-corrected chi connectivity index (χ0v) is 15.4. The number of rotatable bonds is 5. The third-order valence-electron chi connectivity index (χ3n) is 4.48. The number of imidazole rings is 1. The lowest BCUT2D eigenvalue weighted by Crippen LogP contribution is -2.67. The first kappa shape index (κ1) is 18.2. The van der Waals surface area contributed by atoms with Gasteiger partial charge in [-0.05, 0) is 12.1 Å². The summed E-state index contributed by atoms with van der Waals surface area (Å²) < 4.78 is 4.91. The highest BCUT2D eigenvalue weighted by Gasteiger charge is 2.54. The van der Waals surface area contributed by atoms with Gasteiger partial charge in [0, 0.05) is 18.2 Å². The number of esters is 1. The van der Waals surface area contributed by atoms with Gasteiger partial charge in [-0.2, -0.15) is 0 Å². The summed E-state index contributed by atoms with van der Waals surface area (Å²) in [5.74, 6) is -1.54. The molecule has 146 valence electrons. The first-order chi connectivity index (χ1) is 13.4. The molecule has 0 bridgehead atoms. The third kappa shape index (κ3) is 2.93. The molecule has 1 aromatic carbocycles. The molecule has 0 spiro atoms. The zero-order valence-electron chi connectivity index (χ0n) is 14.6. The maximum Gasteiger partial charge on any atom is 0.352 e. The summed E-state index contributed by atoms with van der Waals surface area (Å²) in [7, 11) is 0. The molecule has 0 saturated carbocycles. The highest BCUT2D eigenvalue weighted by molar-refractivity contribution is 8.00. The monoisotopic (exact) mass is 404 g/mol. The highest BCUT2D eigenvalue weighted by atomic mass is 32.2. The minimum atomic E-state index is -1.24. The molecule has 2 atom stereocenters. The molecule has 0 radical (unpaired) electrons. The largest absolute Gasteiger partial charge is 0.506 e. The Hall–Kier alpha value is -3.21. The van der Waals surface area contributed by atoms with Crippen LogP contribution in [0.5, 0.6) is 5.75 Å². The Morgan fingerprint density at radius 2 is 2.25 bits per heavy atom. The minimum Gasteiger partial charge on any atom is -0.506 e. The summed E-state index contributed by atoms with van der Waals surface area (Å²) in [6.45, 7) is 1.07. The SMILES string of the molecule is CC(=O)OCC1=C(C(=O)O)N2C(=O)C(Nc3nc4c(O)cccc4[nH]3)[C@H]2SC1. The number of carbonyl (C=O) groups is 3. The van der Waals surface area contributed by atoms with Crippen molar-refractivity contribution in [2.24, 2.45) is 0 Å². The molecule has 2 aromatic rings. The fourth-order valence-corrected chi connectivity index (χ4v) is 4.54. The molecular weight excluding hydrogens is 388 g/mol. The summed E-state index contributed by atoms with van der Waals surface area (Å²) >= 11 is 1.37. The molecular formula is C17H16N4O6S. The number of para-hydroxylation sites is 1. The number of carbonyl (C=O) groups excluding carboxylic acids is 2. The van der Waals surface area contributed by atoms with Crippen LogP contribution in [-0.2, 0) is 19.1 Å². The maximum absolute atomic E-state index is 12.6. The summed E-state index contributed by atoms with van der Waals surface area (Å²) in [6.07, 6.45) is 0. The number of nitrogens with one attached hydrogen (secondary N) is 2. The van der Waals surface area contributed by atoms with E-state index in [-0.39, 0.29) is 18.1 Å². The average molecular weight is 404 g/mol. The van der Waals surface area contributed by atoms with Crippen molar-refractivity contribution in [3.8, 4) is 5.75 Å². The first-order valence-corrected chi connectivity index (χ1v) is 9.39. The first-order valence-electron chi connectivity index (χ1n) is 8.34. The molecule has 28 heavy (non-hydrogen) atoms. The normalized spacial score (nSPS) is 21.3. The van der Waals surface area contributed by atoms with Gasteiger partial charge in [0.1, 0.15) is 35.0 Å². The Kier molecular flexibility index (Phi) is 4.38. The molecule has 2 aliphatic rings. The van der Waals surface area contributed by atoms with Crippen molar-refractivity contribution in [3.05, 3.63) is 29.5 Å². The number of anilines is 1. The molecule has 4 rings (SSSR count). The van der Waals surface area contributed by atoms with E-state index in [2.05, 4.69) is 15.3 Å². The third-order valence-corrected chi connectivity index (χ3v) is 5.82. The second-order valence-electron chi connectivity index (χ2n) is 6.33.